The maximum absolute atomic E-state index is 12.5. The molecule has 8 heteroatoms. The fourth-order valence-corrected chi connectivity index (χ4v) is 3.88. The molecule has 2 atom stereocenters. The number of carbonyl (C=O) groups is 2. The molecule has 128 valence electrons. The molecule has 1 aromatic carbocycles. The number of nitrogens with two attached hydrogens (primary N) is 1. The van der Waals surface area contributed by atoms with Crippen LogP contribution >= 0.6 is 15.9 Å². The van der Waals surface area contributed by atoms with E-state index in [4.69, 9.17) is 5.73 Å². The van der Waals surface area contributed by atoms with Crippen molar-refractivity contribution < 1.29 is 9.59 Å². The van der Waals surface area contributed by atoms with Gasteiger partial charge in [-0.05, 0) is 24.1 Å². The van der Waals surface area contributed by atoms with Gasteiger partial charge in [0.15, 0.2) is 5.96 Å². The quantitative estimate of drug-likeness (QED) is 0.747. The SMILES string of the molecule is CN(C)C(=O)N1CCC2C(=O)NC(N)=NC2(c2cccc(Br)c2)C1. The number of nitrogens with one attached hydrogen (secondary N) is 1. The largest absolute Gasteiger partial charge is 0.370 e. The van der Waals surface area contributed by atoms with Gasteiger partial charge in [-0.25, -0.2) is 9.79 Å². The number of amides is 3. The standard InChI is InChI=1S/C16H20BrN5O2/c1-21(2)15(24)22-7-6-12-13(23)19-14(18)20-16(12,9-22)10-4-3-5-11(17)8-10/h3-5,8,12H,6-7,9H2,1-2H3,(H3,18,19,20,23). The summed E-state index contributed by atoms with van der Waals surface area (Å²) in [6.45, 7) is 0.833. The van der Waals surface area contributed by atoms with E-state index in [1.54, 1.807) is 19.0 Å². The number of nitrogens with zero attached hydrogens (tertiary/aromatic N) is 3. The minimum absolute atomic E-state index is 0.0929. The molecule has 0 bridgehead atoms. The number of aliphatic imine (C=N–C) groups is 1. The first-order valence-corrected chi connectivity index (χ1v) is 8.51. The lowest BCUT2D eigenvalue weighted by Gasteiger charge is -2.47. The normalized spacial score (nSPS) is 26.3. The number of benzene rings is 1. The second-order valence-electron chi connectivity index (χ2n) is 6.36. The van der Waals surface area contributed by atoms with Gasteiger partial charge in [-0.1, -0.05) is 28.1 Å². The number of guanidine groups is 1. The molecule has 3 amide bonds. The maximum atomic E-state index is 12.5. The highest BCUT2D eigenvalue weighted by molar-refractivity contribution is 9.10. The van der Waals surface area contributed by atoms with E-state index in [0.717, 1.165) is 10.0 Å². The molecule has 1 aromatic rings. The van der Waals surface area contributed by atoms with Crippen LogP contribution in [-0.4, -0.2) is 54.9 Å². The number of carbonyl (C=O) groups excluding carboxylic acids is 2. The third-order valence-corrected chi connectivity index (χ3v) is 5.05. The van der Waals surface area contributed by atoms with E-state index in [9.17, 15) is 9.59 Å². The summed E-state index contributed by atoms with van der Waals surface area (Å²) < 4.78 is 0.893. The first-order chi connectivity index (χ1) is 11.3. The summed E-state index contributed by atoms with van der Waals surface area (Å²) in [7, 11) is 3.43. The van der Waals surface area contributed by atoms with Gasteiger partial charge < -0.3 is 15.5 Å². The third kappa shape index (κ3) is 2.75. The Morgan fingerprint density at radius 2 is 2.25 bits per heavy atom. The highest BCUT2D eigenvalue weighted by atomic mass is 79.9. The number of hydrogen-bond acceptors (Lipinski definition) is 4. The van der Waals surface area contributed by atoms with Gasteiger partial charge in [0.2, 0.25) is 5.91 Å². The average molecular weight is 394 g/mol. The Morgan fingerprint density at radius 1 is 1.50 bits per heavy atom. The summed E-state index contributed by atoms with van der Waals surface area (Å²) in [6.07, 6.45) is 0.536. The van der Waals surface area contributed by atoms with E-state index < -0.39 is 5.54 Å². The Labute approximate surface area is 149 Å². The van der Waals surface area contributed by atoms with Crippen molar-refractivity contribution in [2.45, 2.75) is 12.0 Å². The van der Waals surface area contributed by atoms with E-state index in [0.29, 0.717) is 19.5 Å². The monoisotopic (exact) mass is 393 g/mol. The Hall–Kier alpha value is -2.09. The van der Waals surface area contributed by atoms with Crippen molar-refractivity contribution in [3.8, 4) is 0 Å². The summed E-state index contributed by atoms with van der Waals surface area (Å²) in [5, 5.41) is 2.62. The van der Waals surface area contributed by atoms with Crippen molar-refractivity contribution in [2.24, 2.45) is 16.6 Å². The molecule has 1 saturated heterocycles. The van der Waals surface area contributed by atoms with Crippen LogP contribution in [0.25, 0.3) is 0 Å². The summed E-state index contributed by atoms with van der Waals surface area (Å²) >= 11 is 3.47. The molecule has 2 aliphatic rings. The fraction of sp³-hybridized carbons (Fsp3) is 0.438. The highest BCUT2D eigenvalue weighted by Gasteiger charge is 2.52. The summed E-state index contributed by atoms with van der Waals surface area (Å²) in [4.78, 5) is 32.8. The van der Waals surface area contributed by atoms with Crippen LogP contribution in [0.5, 0.6) is 0 Å². The molecule has 7 nitrogen and oxygen atoms in total. The molecule has 0 aromatic heterocycles. The molecule has 0 aliphatic carbocycles. The van der Waals surface area contributed by atoms with E-state index >= 15 is 0 Å². The van der Waals surface area contributed by atoms with Gasteiger partial charge >= 0.3 is 6.03 Å². The van der Waals surface area contributed by atoms with Crippen molar-refractivity contribution in [3.05, 3.63) is 34.3 Å². The first-order valence-electron chi connectivity index (χ1n) is 7.72. The van der Waals surface area contributed by atoms with Crippen molar-refractivity contribution in [2.75, 3.05) is 27.2 Å². The van der Waals surface area contributed by atoms with Crippen molar-refractivity contribution in [3.63, 3.8) is 0 Å². The lowest BCUT2D eigenvalue weighted by molar-refractivity contribution is -0.128. The number of piperidine rings is 1. The number of rotatable bonds is 1. The van der Waals surface area contributed by atoms with Crippen LogP contribution in [-0.2, 0) is 10.3 Å². The molecule has 24 heavy (non-hydrogen) atoms. The Morgan fingerprint density at radius 3 is 2.92 bits per heavy atom. The average Bonchev–Trinajstić information content (AvgIpc) is 2.53. The first kappa shape index (κ1) is 16.8. The van der Waals surface area contributed by atoms with Gasteiger partial charge in [-0.15, -0.1) is 0 Å². The van der Waals surface area contributed by atoms with Crippen LogP contribution in [0.15, 0.2) is 33.7 Å². The van der Waals surface area contributed by atoms with Crippen LogP contribution in [0.1, 0.15) is 12.0 Å². The lowest BCUT2D eigenvalue weighted by atomic mass is 9.72. The predicted octanol–water partition coefficient (Wildman–Crippen LogP) is 1.09. The van der Waals surface area contributed by atoms with Gasteiger partial charge in [0, 0.05) is 25.1 Å². The zero-order valence-electron chi connectivity index (χ0n) is 13.6. The van der Waals surface area contributed by atoms with Gasteiger partial charge in [0.1, 0.15) is 5.54 Å². The number of urea groups is 1. The highest BCUT2D eigenvalue weighted by Crippen LogP contribution is 2.42. The number of likely N-dealkylation sites (tertiary alicyclic amines) is 1. The van der Waals surface area contributed by atoms with Crippen molar-refractivity contribution in [1.29, 1.82) is 0 Å². The van der Waals surface area contributed by atoms with Crippen LogP contribution < -0.4 is 11.1 Å². The second kappa shape index (κ2) is 6.08. The Balaban J connectivity index is 2.10. The van der Waals surface area contributed by atoms with Gasteiger partial charge in [0.25, 0.3) is 0 Å². The second-order valence-corrected chi connectivity index (χ2v) is 7.28. The zero-order chi connectivity index (χ0) is 17.5. The summed E-state index contributed by atoms with van der Waals surface area (Å²) in [6, 6.07) is 7.58. The molecule has 2 aliphatic heterocycles. The van der Waals surface area contributed by atoms with Crippen LogP contribution in [0.4, 0.5) is 4.79 Å². The lowest BCUT2D eigenvalue weighted by Crippen LogP contribution is -2.62. The number of fused-ring (bicyclic) bond motifs is 1. The van der Waals surface area contributed by atoms with E-state index in [-0.39, 0.29) is 23.8 Å². The van der Waals surface area contributed by atoms with Crippen LogP contribution in [0.3, 0.4) is 0 Å². The van der Waals surface area contributed by atoms with Gasteiger partial charge in [-0.3, -0.25) is 10.1 Å². The van der Waals surface area contributed by atoms with Gasteiger partial charge in [0.05, 0.1) is 12.5 Å². The molecule has 2 heterocycles. The number of halogens is 1. The number of hydrogen-bond donors (Lipinski definition) is 2. The van der Waals surface area contributed by atoms with Crippen molar-refractivity contribution in [1.82, 2.24) is 15.1 Å². The molecule has 3 N–H and O–H groups in total. The molecular weight excluding hydrogens is 374 g/mol. The molecule has 2 unspecified atom stereocenters. The molecular formula is C16H20BrN5O2. The van der Waals surface area contributed by atoms with E-state index in [1.807, 2.05) is 24.3 Å². The maximum Gasteiger partial charge on any atom is 0.319 e. The molecule has 3 rings (SSSR count). The fourth-order valence-electron chi connectivity index (χ4n) is 3.48. The van der Waals surface area contributed by atoms with Gasteiger partial charge in [-0.2, -0.15) is 0 Å². The van der Waals surface area contributed by atoms with Crippen molar-refractivity contribution >= 4 is 33.8 Å². The predicted molar refractivity (Wildman–Crippen MR) is 94.3 cm³/mol. The smallest absolute Gasteiger partial charge is 0.319 e. The minimum atomic E-state index is -0.861. The van der Waals surface area contributed by atoms with Crippen LogP contribution in [0, 0.1) is 5.92 Å². The molecule has 0 radical (unpaired) electrons. The molecule has 1 fully saturated rings. The molecule has 0 saturated carbocycles. The topological polar surface area (TPSA) is 91.0 Å². The molecule has 0 spiro atoms. The zero-order valence-corrected chi connectivity index (χ0v) is 15.2. The Bertz CT molecular complexity index is 720. The van der Waals surface area contributed by atoms with E-state index in [1.165, 1.54) is 4.90 Å². The minimum Gasteiger partial charge on any atom is -0.370 e. The van der Waals surface area contributed by atoms with E-state index in [2.05, 4.69) is 26.2 Å². The summed E-state index contributed by atoms with van der Waals surface area (Å²) in [5.41, 5.74) is 5.88. The van der Waals surface area contributed by atoms with Crippen LogP contribution in [0.2, 0.25) is 0 Å². The third-order valence-electron chi connectivity index (χ3n) is 4.56. The summed E-state index contributed by atoms with van der Waals surface area (Å²) in [5.74, 6) is -0.403. The Kier molecular flexibility index (Phi) is 4.25.